The van der Waals surface area contributed by atoms with Crippen LogP contribution in [0.2, 0.25) is 0 Å². The van der Waals surface area contributed by atoms with E-state index in [1.807, 2.05) is 6.92 Å². The van der Waals surface area contributed by atoms with Crippen molar-refractivity contribution in [1.29, 1.82) is 0 Å². The van der Waals surface area contributed by atoms with E-state index in [9.17, 15) is 4.39 Å². The van der Waals surface area contributed by atoms with Crippen molar-refractivity contribution < 1.29 is 18.3 Å². The molecule has 2 aromatic rings. The van der Waals surface area contributed by atoms with Crippen molar-refractivity contribution >= 4 is 0 Å². The van der Waals surface area contributed by atoms with Crippen LogP contribution in [0.15, 0.2) is 22.6 Å². The van der Waals surface area contributed by atoms with Gasteiger partial charge in [0, 0.05) is 25.8 Å². The van der Waals surface area contributed by atoms with Crippen molar-refractivity contribution in [2.24, 2.45) is 5.92 Å². The summed E-state index contributed by atoms with van der Waals surface area (Å²) in [6.07, 6.45) is 4.85. The molecule has 0 unspecified atom stereocenters. The van der Waals surface area contributed by atoms with Gasteiger partial charge in [-0.3, -0.25) is 4.90 Å². The third-order valence-electron chi connectivity index (χ3n) is 5.33. The van der Waals surface area contributed by atoms with E-state index < -0.39 is 5.82 Å². The molecule has 0 aliphatic carbocycles. The van der Waals surface area contributed by atoms with Gasteiger partial charge in [-0.05, 0) is 69.8 Å². The number of halogens is 1. The van der Waals surface area contributed by atoms with Gasteiger partial charge in [0.05, 0.1) is 12.8 Å². The van der Waals surface area contributed by atoms with Crippen LogP contribution in [0.25, 0.3) is 11.5 Å². The Morgan fingerprint density at radius 1 is 1.26 bits per heavy atom. The first-order valence-corrected chi connectivity index (χ1v) is 9.62. The standard InChI is InChI=1S/C21H29FN2O3/c1-15-19(14-24-10-8-16(9-11-24)5-4-12-25-2)23-21(27-15)17-6-7-18(22)20(13-17)26-3/h6-7,13,16H,4-5,8-12,14H2,1-3H3. The molecule has 0 radical (unpaired) electrons. The number of methoxy groups -OCH3 is 2. The van der Waals surface area contributed by atoms with E-state index in [0.29, 0.717) is 5.89 Å². The summed E-state index contributed by atoms with van der Waals surface area (Å²) in [5.74, 6) is 1.93. The minimum atomic E-state index is -0.391. The summed E-state index contributed by atoms with van der Waals surface area (Å²) in [4.78, 5) is 7.09. The number of rotatable bonds is 8. The van der Waals surface area contributed by atoms with Gasteiger partial charge in [-0.15, -0.1) is 0 Å². The Hall–Kier alpha value is -1.92. The van der Waals surface area contributed by atoms with Crippen LogP contribution in [0.1, 0.15) is 37.1 Å². The Morgan fingerprint density at radius 3 is 2.74 bits per heavy atom. The minimum Gasteiger partial charge on any atom is -0.494 e. The second kappa shape index (κ2) is 9.33. The lowest BCUT2D eigenvalue weighted by molar-refractivity contribution is 0.150. The highest BCUT2D eigenvalue weighted by Crippen LogP contribution is 2.29. The van der Waals surface area contributed by atoms with Gasteiger partial charge in [-0.25, -0.2) is 9.37 Å². The fraction of sp³-hybridized carbons (Fsp3) is 0.571. The first-order valence-electron chi connectivity index (χ1n) is 9.62. The maximum atomic E-state index is 13.6. The molecule has 1 saturated heterocycles. The van der Waals surface area contributed by atoms with Gasteiger partial charge in [0.2, 0.25) is 5.89 Å². The highest BCUT2D eigenvalue weighted by atomic mass is 19.1. The molecule has 1 aromatic heterocycles. The molecule has 1 fully saturated rings. The Bertz CT molecular complexity index is 739. The fourth-order valence-corrected chi connectivity index (χ4v) is 3.65. The first-order chi connectivity index (χ1) is 13.1. The Labute approximate surface area is 160 Å². The van der Waals surface area contributed by atoms with Crippen molar-refractivity contribution in [2.45, 2.75) is 39.2 Å². The summed E-state index contributed by atoms with van der Waals surface area (Å²) >= 11 is 0. The van der Waals surface area contributed by atoms with Crippen molar-refractivity contribution in [3.63, 3.8) is 0 Å². The van der Waals surface area contributed by atoms with Gasteiger partial charge in [0.25, 0.3) is 0 Å². The van der Waals surface area contributed by atoms with E-state index in [-0.39, 0.29) is 5.75 Å². The van der Waals surface area contributed by atoms with Gasteiger partial charge in [-0.2, -0.15) is 0 Å². The third kappa shape index (κ3) is 5.08. The highest BCUT2D eigenvalue weighted by Gasteiger charge is 2.21. The van der Waals surface area contributed by atoms with Crippen molar-refractivity contribution in [2.75, 3.05) is 33.9 Å². The molecule has 2 heterocycles. The molecule has 1 aliphatic rings. The first kappa shape index (κ1) is 19.8. The Kier molecular flexibility index (Phi) is 6.85. The predicted molar refractivity (Wildman–Crippen MR) is 102 cm³/mol. The second-order valence-electron chi connectivity index (χ2n) is 7.23. The molecule has 0 saturated carbocycles. The van der Waals surface area contributed by atoms with E-state index in [1.165, 1.54) is 32.4 Å². The molecule has 3 rings (SSSR count). The Morgan fingerprint density at radius 2 is 2.04 bits per heavy atom. The highest BCUT2D eigenvalue weighted by molar-refractivity contribution is 5.56. The second-order valence-corrected chi connectivity index (χ2v) is 7.23. The zero-order chi connectivity index (χ0) is 19.2. The van der Waals surface area contributed by atoms with Crippen molar-refractivity contribution in [1.82, 2.24) is 9.88 Å². The van der Waals surface area contributed by atoms with Crippen LogP contribution in [-0.2, 0) is 11.3 Å². The normalized spacial score (nSPS) is 16.0. The molecular weight excluding hydrogens is 347 g/mol. The lowest BCUT2D eigenvalue weighted by Gasteiger charge is -2.31. The van der Waals surface area contributed by atoms with Gasteiger partial charge >= 0.3 is 0 Å². The zero-order valence-corrected chi connectivity index (χ0v) is 16.5. The Balaban J connectivity index is 1.59. The van der Waals surface area contributed by atoms with Crippen LogP contribution >= 0.6 is 0 Å². The summed E-state index contributed by atoms with van der Waals surface area (Å²) < 4.78 is 29.7. The van der Waals surface area contributed by atoms with Crippen LogP contribution in [-0.4, -0.2) is 43.8 Å². The summed E-state index contributed by atoms with van der Waals surface area (Å²) in [5, 5.41) is 0. The molecule has 0 N–H and O–H groups in total. The van der Waals surface area contributed by atoms with E-state index >= 15 is 0 Å². The van der Waals surface area contributed by atoms with Crippen molar-refractivity contribution in [3.8, 4) is 17.2 Å². The molecule has 1 aliphatic heterocycles. The predicted octanol–water partition coefficient (Wildman–Crippen LogP) is 4.44. The molecule has 148 valence electrons. The maximum absolute atomic E-state index is 13.6. The lowest BCUT2D eigenvalue weighted by atomic mass is 9.92. The number of piperidine rings is 1. The number of aromatic nitrogens is 1. The molecule has 0 spiro atoms. The van der Waals surface area contributed by atoms with Gasteiger partial charge < -0.3 is 13.9 Å². The zero-order valence-electron chi connectivity index (χ0n) is 16.5. The molecule has 27 heavy (non-hydrogen) atoms. The van der Waals surface area contributed by atoms with Gasteiger partial charge in [-0.1, -0.05) is 0 Å². The molecular formula is C21H29FN2O3. The number of oxazole rings is 1. The summed E-state index contributed by atoms with van der Waals surface area (Å²) in [6, 6.07) is 4.66. The quantitative estimate of drug-likeness (QED) is 0.638. The topological polar surface area (TPSA) is 47.7 Å². The van der Waals surface area contributed by atoms with E-state index in [4.69, 9.17) is 13.9 Å². The SMILES string of the molecule is COCCCC1CCN(Cc2nc(-c3ccc(F)c(OC)c3)oc2C)CC1. The summed E-state index contributed by atoms with van der Waals surface area (Å²) in [6.45, 7) is 5.76. The van der Waals surface area contributed by atoms with Gasteiger partial charge in [0.1, 0.15) is 5.76 Å². The van der Waals surface area contributed by atoms with E-state index in [1.54, 1.807) is 19.2 Å². The third-order valence-corrected chi connectivity index (χ3v) is 5.33. The van der Waals surface area contributed by atoms with Crippen LogP contribution in [0.4, 0.5) is 4.39 Å². The molecule has 5 nitrogen and oxygen atoms in total. The molecule has 6 heteroatoms. The molecule has 1 aromatic carbocycles. The maximum Gasteiger partial charge on any atom is 0.226 e. The van der Waals surface area contributed by atoms with Crippen LogP contribution in [0.3, 0.4) is 0 Å². The number of nitrogens with zero attached hydrogens (tertiary/aromatic N) is 2. The van der Waals surface area contributed by atoms with Crippen molar-refractivity contribution in [3.05, 3.63) is 35.5 Å². The number of likely N-dealkylation sites (tertiary alicyclic amines) is 1. The fourth-order valence-electron chi connectivity index (χ4n) is 3.65. The van der Waals surface area contributed by atoms with Crippen LogP contribution in [0.5, 0.6) is 5.75 Å². The number of hydrogen-bond acceptors (Lipinski definition) is 5. The smallest absolute Gasteiger partial charge is 0.226 e. The van der Waals surface area contributed by atoms with Crippen LogP contribution < -0.4 is 4.74 Å². The lowest BCUT2D eigenvalue weighted by Crippen LogP contribution is -2.33. The number of aryl methyl sites for hydroxylation is 1. The molecule has 0 atom stereocenters. The molecule has 0 bridgehead atoms. The monoisotopic (exact) mass is 376 g/mol. The largest absolute Gasteiger partial charge is 0.494 e. The number of benzene rings is 1. The summed E-state index contributed by atoms with van der Waals surface area (Å²) in [5.41, 5.74) is 1.67. The average molecular weight is 376 g/mol. The average Bonchev–Trinajstić information content (AvgIpc) is 3.04. The van der Waals surface area contributed by atoms with Gasteiger partial charge in [0.15, 0.2) is 11.6 Å². The summed E-state index contributed by atoms with van der Waals surface area (Å²) in [7, 11) is 3.21. The van der Waals surface area contributed by atoms with E-state index in [0.717, 1.165) is 55.6 Å². The minimum absolute atomic E-state index is 0.195. The van der Waals surface area contributed by atoms with Crippen LogP contribution in [0, 0.1) is 18.7 Å². The van der Waals surface area contributed by atoms with E-state index in [2.05, 4.69) is 9.88 Å². The molecule has 0 amide bonds. The number of ether oxygens (including phenoxy) is 2. The number of hydrogen-bond donors (Lipinski definition) is 0.